The third-order valence-corrected chi connectivity index (χ3v) is 3.35. The molecule has 0 radical (unpaired) electrons. The number of benzene rings is 1. The molecular weight excluding hydrogens is 371 g/mol. The second-order valence-electron chi connectivity index (χ2n) is 5.27. The maximum Gasteiger partial charge on any atom is 0.416 e. The number of halogens is 3. The van der Waals surface area contributed by atoms with E-state index in [0.29, 0.717) is 0 Å². The molecular formula is C17H14F3NO6. The van der Waals surface area contributed by atoms with Gasteiger partial charge in [-0.25, -0.2) is 9.59 Å². The van der Waals surface area contributed by atoms with Gasteiger partial charge in [-0.05, 0) is 31.2 Å². The van der Waals surface area contributed by atoms with Gasteiger partial charge in [-0.15, -0.1) is 0 Å². The molecule has 0 saturated heterocycles. The number of nitrogens with one attached hydrogen (secondary N) is 1. The predicted octanol–water partition coefficient (Wildman–Crippen LogP) is 3.39. The molecule has 1 N–H and O–H groups in total. The Labute approximate surface area is 151 Å². The number of imide groups is 1. The monoisotopic (exact) mass is 385 g/mol. The van der Waals surface area contributed by atoms with Gasteiger partial charge in [0.15, 0.2) is 6.10 Å². The van der Waals surface area contributed by atoms with E-state index in [4.69, 9.17) is 9.15 Å². The highest BCUT2D eigenvalue weighted by Gasteiger charge is 2.31. The third kappa shape index (κ3) is 5.09. The highest BCUT2D eigenvalue weighted by atomic mass is 19.4. The number of hydrogen-bond donors (Lipinski definition) is 1. The molecule has 27 heavy (non-hydrogen) atoms. The summed E-state index contributed by atoms with van der Waals surface area (Å²) in [6, 6.07) is 6.87. The Hall–Kier alpha value is -3.30. The molecule has 0 aliphatic carbocycles. The summed E-state index contributed by atoms with van der Waals surface area (Å²) >= 11 is 0. The second kappa shape index (κ2) is 7.94. The first kappa shape index (κ1) is 20.0. The number of alkyl halides is 3. The van der Waals surface area contributed by atoms with Crippen LogP contribution in [-0.4, -0.2) is 31.2 Å². The summed E-state index contributed by atoms with van der Waals surface area (Å²) in [4.78, 5) is 34.6. The molecule has 2 aromatic rings. The number of esters is 1. The van der Waals surface area contributed by atoms with E-state index in [1.54, 1.807) is 0 Å². The Morgan fingerprint density at radius 1 is 1.15 bits per heavy atom. The first-order valence-corrected chi connectivity index (χ1v) is 7.49. The Kier molecular flexibility index (Phi) is 5.88. The Bertz CT molecular complexity index is 858. The Morgan fingerprint density at radius 2 is 1.85 bits per heavy atom. The molecule has 1 atom stereocenters. The largest absolute Gasteiger partial charge is 0.453 e. The standard InChI is InChI=1S/C17H14F3NO6/c1-9(14(22)21-16(24)25-2)26-15(23)13-7-6-12(27-13)10-4-3-5-11(8-10)17(18,19)20/h3-9H,1-2H3,(H,21,22,24)/t9-/m1/s1. The smallest absolute Gasteiger partial charge is 0.416 e. The molecule has 1 aromatic heterocycles. The van der Waals surface area contributed by atoms with Crippen molar-refractivity contribution in [3.8, 4) is 11.3 Å². The molecule has 10 heteroatoms. The highest BCUT2D eigenvalue weighted by molar-refractivity contribution is 5.96. The van der Waals surface area contributed by atoms with E-state index in [1.165, 1.54) is 31.2 Å². The lowest BCUT2D eigenvalue weighted by atomic mass is 10.1. The first-order valence-electron chi connectivity index (χ1n) is 7.49. The molecule has 144 valence electrons. The van der Waals surface area contributed by atoms with Crippen molar-refractivity contribution in [2.75, 3.05) is 7.11 Å². The van der Waals surface area contributed by atoms with Gasteiger partial charge in [-0.2, -0.15) is 13.2 Å². The van der Waals surface area contributed by atoms with E-state index >= 15 is 0 Å². The van der Waals surface area contributed by atoms with Crippen molar-refractivity contribution >= 4 is 18.0 Å². The van der Waals surface area contributed by atoms with Gasteiger partial charge < -0.3 is 13.9 Å². The molecule has 1 heterocycles. The van der Waals surface area contributed by atoms with Crippen LogP contribution in [0.25, 0.3) is 11.3 Å². The third-order valence-electron chi connectivity index (χ3n) is 3.35. The van der Waals surface area contributed by atoms with Crippen LogP contribution in [0, 0.1) is 0 Å². The number of carbonyl (C=O) groups excluding carboxylic acids is 3. The minimum Gasteiger partial charge on any atom is -0.453 e. The molecule has 2 rings (SSSR count). The van der Waals surface area contributed by atoms with Gasteiger partial charge >= 0.3 is 18.2 Å². The molecule has 2 amide bonds. The number of alkyl carbamates (subject to hydrolysis) is 1. The number of carbonyl (C=O) groups is 3. The molecule has 0 spiro atoms. The highest BCUT2D eigenvalue weighted by Crippen LogP contribution is 2.32. The number of amides is 2. The minimum absolute atomic E-state index is 0.0136. The van der Waals surface area contributed by atoms with E-state index in [1.807, 2.05) is 5.32 Å². The van der Waals surface area contributed by atoms with Crippen LogP contribution in [-0.2, 0) is 20.4 Å². The summed E-state index contributed by atoms with van der Waals surface area (Å²) < 4.78 is 52.6. The molecule has 0 bridgehead atoms. The fraction of sp³-hybridized carbons (Fsp3) is 0.235. The topological polar surface area (TPSA) is 94.8 Å². The summed E-state index contributed by atoms with van der Waals surface area (Å²) in [7, 11) is 1.05. The number of ether oxygens (including phenoxy) is 2. The molecule has 1 aromatic carbocycles. The Balaban J connectivity index is 2.10. The lowest BCUT2D eigenvalue weighted by Crippen LogP contribution is -2.39. The van der Waals surface area contributed by atoms with Gasteiger partial charge in [-0.1, -0.05) is 12.1 Å². The summed E-state index contributed by atoms with van der Waals surface area (Å²) in [5, 5.41) is 1.82. The Morgan fingerprint density at radius 3 is 2.48 bits per heavy atom. The van der Waals surface area contributed by atoms with Crippen LogP contribution >= 0.6 is 0 Å². The summed E-state index contributed by atoms with van der Waals surface area (Å²) in [5.41, 5.74) is -0.756. The van der Waals surface area contributed by atoms with E-state index in [9.17, 15) is 27.6 Å². The maximum atomic E-state index is 12.8. The van der Waals surface area contributed by atoms with Gasteiger partial charge in [0, 0.05) is 5.56 Å². The summed E-state index contributed by atoms with van der Waals surface area (Å²) in [5.74, 6) is -2.25. The predicted molar refractivity (Wildman–Crippen MR) is 84.6 cm³/mol. The SMILES string of the molecule is COC(=O)NC(=O)[C@@H](C)OC(=O)c1ccc(-c2cccc(C(F)(F)F)c2)o1. The molecule has 0 fully saturated rings. The van der Waals surface area contributed by atoms with E-state index in [-0.39, 0.29) is 17.1 Å². The van der Waals surface area contributed by atoms with E-state index in [2.05, 4.69) is 4.74 Å². The summed E-state index contributed by atoms with van der Waals surface area (Å²) in [6.07, 6.45) is -6.88. The fourth-order valence-corrected chi connectivity index (χ4v) is 1.98. The van der Waals surface area contributed by atoms with Crippen LogP contribution in [0.4, 0.5) is 18.0 Å². The van der Waals surface area contributed by atoms with Crippen LogP contribution in [0.1, 0.15) is 23.0 Å². The maximum absolute atomic E-state index is 12.8. The van der Waals surface area contributed by atoms with Crippen molar-refractivity contribution in [1.29, 1.82) is 0 Å². The fourth-order valence-electron chi connectivity index (χ4n) is 1.98. The van der Waals surface area contributed by atoms with Crippen molar-refractivity contribution in [1.82, 2.24) is 5.32 Å². The first-order chi connectivity index (χ1) is 12.6. The number of hydrogen-bond acceptors (Lipinski definition) is 6. The van der Waals surface area contributed by atoms with Crippen LogP contribution < -0.4 is 5.32 Å². The van der Waals surface area contributed by atoms with Crippen LogP contribution in [0.3, 0.4) is 0 Å². The quantitative estimate of drug-likeness (QED) is 0.811. The average Bonchev–Trinajstić information content (AvgIpc) is 3.11. The number of rotatable bonds is 4. The zero-order chi connectivity index (χ0) is 20.2. The summed E-state index contributed by atoms with van der Waals surface area (Å²) in [6.45, 7) is 1.22. The molecule has 7 nitrogen and oxygen atoms in total. The van der Waals surface area contributed by atoms with Gasteiger partial charge in [0.05, 0.1) is 12.7 Å². The van der Waals surface area contributed by atoms with E-state index in [0.717, 1.165) is 19.2 Å². The van der Waals surface area contributed by atoms with Gasteiger partial charge in [0.25, 0.3) is 5.91 Å². The second-order valence-corrected chi connectivity index (χ2v) is 5.27. The minimum atomic E-state index is -4.52. The number of methoxy groups -OCH3 is 1. The van der Waals surface area contributed by atoms with Crippen molar-refractivity contribution in [3.63, 3.8) is 0 Å². The number of furan rings is 1. The molecule has 0 saturated carbocycles. The van der Waals surface area contributed by atoms with Gasteiger partial charge in [0.1, 0.15) is 5.76 Å². The molecule has 0 aliphatic heterocycles. The lowest BCUT2D eigenvalue weighted by molar-refractivity contribution is -0.137. The lowest BCUT2D eigenvalue weighted by Gasteiger charge is -2.11. The normalized spacial score (nSPS) is 12.2. The van der Waals surface area contributed by atoms with Gasteiger partial charge in [-0.3, -0.25) is 10.1 Å². The zero-order valence-electron chi connectivity index (χ0n) is 14.1. The van der Waals surface area contributed by atoms with Crippen molar-refractivity contribution < 1.29 is 41.4 Å². The molecule has 0 aliphatic rings. The zero-order valence-corrected chi connectivity index (χ0v) is 14.1. The van der Waals surface area contributed by atoms with Crippen molar-refractivity contribution in [2.24, 2.45) is 0 Å². The van der Waals surface area contributed by atoms with Crippen molar-refractivity contribution in [2.45, 2.75) is 19.2 Å². The van der Waals surface area contributed by atoms with Gasteiger partial charge in [0.2, 0.25) is 5.76 Å². The van der Waals surface area contributed by atoms with Crippen LogP contribution in [0.15, 0.2) is 40.8 Å². The average molecular weight is 385 g/mol. The van der Waals surface area contributed by atoms with E-state index < -0.39 is 35.8 Å². The van der Waals surface area contributed by atoms with Crippen LogP contribution in [0.5, 0.6) is 0 Å². The van der Waals surface area contributed by atoms with Crippen LogP contribution in [0.2, 0.25) is 0 Å². The molecule has 0 unspecified atom stereocenters. The van der Waals surface area contributed by atoms with Crippen molar-refractivity contribution in [3.05, 3.63) is 47.7 Å².